The highest BCUT2D eigenvalue weighted by molar-refractivity contribution is 4.77. The smallest absolute Gasteiger partial charge is 0.0823 e. The van der Waals surface area contributed by atoms with E-state index in [1.807, 2.05) is 0 Å². The van der Waals surface area contributed by atoms with E-state index in [2.05, 4.69) is 5.32 Å². The first kappa shape index (κ1) is 9.44. The van der Waals surface area contributed by atoms with Crippen LogP contribution in [-0.4, -0.2) is 37.0 Å². The second-order valence-corrected chi connectivity index (χ2v) is 4.30. The van der Waals surface area contributed by atoms with Gasteiger partial charge in [0.15, 0.2) is 0 Å². The Balaban J connectivity index is 1.62. The van der Waals surface area contributed by atoms with Crippen molar-refractivity contribution in [3.8, 4) is 0 Å². The van der Waals surface area contributed by atoms with E-state index in [4.69, 9.17) is 4.74 Å². The maximum atomic E-state index is 9.45. The summed E-state index contributed by atoms with van der Waals surface area (Å²) in [5.41, 5.74) is 0. The Morgan fingerprint density at radius 1 is 1.31 bits per heavy atom. The molecule has 2 fully saturated rings. The van der Waals surface area contributed by atoms with E-state index in [0.29, 0.717) is 12.0 Å². The van der Waals surface area contributed by atoms with Crippen LogP contribution in [-0.2, 0) is 4.74 Å². The van der Waals surface area contributed by atoms with Crippen LogP contribution in [0.1, 0.15) is 25.7 Å². The van der Waals surface area contributed by atoms with Crippen molar-refractivity contribution in [3.63, 3.8) is 0 Å². The van der Waals surface area contributed by atoms with Crippen molar-refractivity contribution in [2.24, 2.45) is 5.92 Å². The van der Waals surface area contributed by atoms with Gasteiger partial charge in [-0.15, -0.1) is 0 Å². The van der Waals surface area contributed by atoms with Gasteiger partial charge < -0.3 is 15.2 Å². The Labute approximate surface area is 79.5 Å². The molecule has 1 saturated heterocycles. The van der Waals surface area contributed by atoms with Crippen LogP contribution in [0, 0.1) is 5.92 Å². The maximum absolute atomic E-state index is 9.45. The predicted octanol–water partition coefficient (Wildman–Crippen LogP) is 0.526. The predicted molar refractivity (Wildman–Crippen MR) is 50.6 cm³/mol. The zero-order valence-electron chi connectivity index (χ0n) is 8.04. The molecule has 0 bridgehead atoms. The normalized spacial score (nSPS) is 35.8. The molecule has 1 saturated carbocycles. The molecule has 2 rings (SSSR count). The summed E-state index contributed by atoms with van der Waals surface area (Å²) in [6, 6.07) is 0. The minimum Gasteiger partial charge on any atom is -0.393 e. The fourth-order valence-corrected chi connectivity index (χ4v) is 2.07. The van der Waals surface area contributed by atoms with Crippen molar-refractivity contribution in [2.75, 3.05) is 19.7 Å². The summed E-state index contributed by atoms with van der Waals surface area (Å²) in [5.74, 6) is 0.601. The molecule has 1 aliphatic carbocycles. The van der Waals surface area contributed by atoms with Crippen LogP contribution in [0.3, 0.4) is 0 Å². The van der Waals surface area contributed by atoms with Gasteiger partial charge in [-0.1, -0.05) is 6.42 Å². The van der Waals surface area contributed by atoms with Crippen LogP contribution in [0.15, 0.2) is 0 Å². The van der Waals surface area contributed by atoms with E-state index in [1.54, 1.807) is 0 Å². The first-order valence-electron chi connectivity index (χ1n) is 5.35. The minimum absolute atomic E-state index is 0.0677. The summed E-state index contributed by atoms with van der Waals surface area (Å²) in [4.78, 5) is 0. The van der Waals surface area contributed by atoms with Gasteiger partial charge >= 0.3 is 0 Å². The average molecular weight is 185 g/mol. The van der Waals surface area contributed by atoms with E-state index < -0.39 is 0 Å². The zero-order chi connectivity index (χ0) is 9.10. The molecule has 76 valence electrons. The fraction of sp³-hybridized carbons (Fsp3) is 1.00. The lowest BCUT2D eigenvalue weighted by Gasteiger charge is -2.31. The van der Waals surface area contributed by atoms with Crippen LogP contribution < -0.4 is 5.32 Å². The minimum atomic E-state index is -0.0677. The van der Waals surface area contributed by atoms with Crippen molar-refractivity contribution >= 4 is 0 Å². The molecule has 0 aromatic carbocycles. The molecule has 3 nitrogen and oxygen atoms in total. The highest BCUT2D eigenvalue weighted by Gasteiger charge is 2.23. The zero-order valence-corrected chi connectivity index (χ0v) is 8.04. The molecule has 13 heavy (non-hydrogen) atoms. The molecule has 1 heterocycles. The molecule has 0 spiro atoms. The number of hydrogen-bond donors (Lipinski definition) is 2. The van der Waals surface area contributed by atoms with E-state index in [1.165, 1.54) is 6.42 Å². The number of hydrogen-bond acceptors (Lipinski definition) is 3. The van der Waals surface area contributed by atoms with E-state index in [9.17, 15) is 5.11 Å². The third-order valence-corrected chi connectivity index (χ3v) is 3.07. The van der Waals surface area contributed by atoms with Gasteiger partial charge in [-0.2, -0.15) is 0 Å². The Morgan fingerprint density at radius 2 is 2.15 bits per heavy atom. The molecular weight excluding hydrogens is 166 g/mol. The fourth-order valence-electron chi connectivity index (χ4n) is 2.07. The van der Waals surface area contributed by atoms with Crippen LogP contribution in [0.2, 0.25) is 0 Å². The first-order chi connectivity index (χ1) is 6.34. The molecule has 2 aliphatic rings. The lowest BCUT2D eigenvalue weighted by atomic mass is 9.88. The topological polar surface area (TPSA) is 41.5 Å². The van der Waals surface area contributed by atoms with Gasteiger partial charge in [0.2, 0.25) is 0 Å². The number of rotatable bonds is 3. The van der Waals surface area contributed by atoms with Gasteiger partial charge in [-0.3, -0.25) is 0 Å². The van der Waals surface area contributed by atoms with Gasteiger partial charge in [0, 0.05) is 19.7 Å². The maximum Gasteiger partial charge on any atom is 0.0823 e. The molecule has 0 amide bonds. The summed E-state index contributed by atoms with van der Waals surface area (Å²) in [6.45, 7) is 2.87. The molecule has 0 aromatic heterocycles. The van der Waals surface area contributed by atoms with Gasteiger partial charge in [0.25, 0.3) is 0 Å². The summed E-state index contributed by atoms with van der Waals surface area (Å²) >= 11 is 0. The Hall–Kier alpha value is -0.120. The van der Waals surface area contributed by atoms with Crippen molar-refractivity contribution in [1.82, 2.24) is 5.32 Å². The second-order valence-electron chi connectivity index (χ2n) is 4.30. The van der Waals surface area contributed by atoms with Crippen LogP contribution in [0.4, 0.5) is 0 Å². The van der Waals surface area contributed by atoms with Gasteiger partial charge in [-0.05, 0) is 25.2 Å². The second kappa shape index (κ2) is 4.40. The van der Waals surface area contributed by atoms with Crippen molar-refractivity contribution < 1.29 is 9.84 Å². The highest BCUT2D eigenvalue weighted by Crippen LogP contribution is 2.24. The molecule has 2 atom stereocenters. The summed E-state index contributed by atoms with van der Waals surface area (Å²) < 4.78 is 5.69. The van der Waals surface area contributed by atoms with Crippen molar-refractivity contribution in [1.29, 1.82) is 0 Å². The van der Waals surface area contributed by atoms with E-state index in [0.717, 1.165) is 39.0 Å². The lowest BCUT2D eigenvalue weighted by molar-refractivity contribution is -0.0203. The standard InChI is InChI=1S/C10H19NO2/c12-9-3-1-2-8(4-9)7-13-10-5-11-6-10/h8-12H,1-7H2. The Bertz CT molecular complexity index is 159. The number of nitrogens with one attached hydrogen (secondary N) is 1. The van der Waals surface area contributed by atoms with Crippen molar-refractivity contribution in [2.45, 2.75) is 37.9 Å². The quantitative estimate of drug-likeness (QED) is 0.674. The highest BCUT2D eigenvalue weighted by atomic mass is 16.5. The van der Waals surface area contributed by atoms with Crippen LogP contribution in [0.25, 0.3) is 0 Å². The molecule has 0 radical (unpaired) electrons. The Morgan fingerprint density at radius 3 is 2.77 bits per heavy atom. The summed E-state index contributed by atoms with van der Waals surface area (Å²) in [6.07, 6.45) is 4.71. The van der Waals surface area contributed by atoms with Gasteiger partial charge in [0.1, 0.15) is 0 Å². The third kappa shape index (κ3) is 2.66. The van der Waals surface area contributed by atoms with Crippen molar-refractivity contribution in [3.05, 3.63) is 0 Å². The SMILES string of the molecule is OC1CCCC(COC2CNC2)C1. The molecule has 2 N–H and O–H groups in total. The van der Waals surface area contributed by atoms with Crippen LogP contribution >= 0.6 is 0 Å². The number of aliphatic hydroxyl groups is 1. The summed E-state index contributed by atoms with van der Waals surface area (Å²) in [7, 11) is 0. The van der Waals surface area contributed by atoms with Gasteiger partial charge in [0.05, 0.1) is 12.2 Å². The first-order valence-corrected chi connectivity index (χ1v) is 5.35. The Kier molecular flexibility index (Phi) is 3.19. The molecule has 0 aromatic rings. The van der Waals surface area contributed by atoms with E-state index >= 15 is 0 Å². The number of aliphatic hydroxyl groups excluding tert-OH is 1. The third-order valence-electron chi connectivity index (χ3n) is 3.07. The molecule has 3 heteroatoms. The molecule has 1 aliphatic heterocycles. The molecule has 2 unspecified atom stereocenters. The lowest BCUT2D eigenvalue weighted by Crippen LogP contribution is -2.49. The average Bonchev–Trinajstić information content (AvgIpc) is 2.01. The molecular formula is C10H19NO2. The number of ether oxygens (including phenoxy) is 1. The van der Waals surface area contributed by atoms with Gasteiger partial charge in [-0.25, -0.2) is 0 Å². The largest absolute Gasteiger partial charge is 0.393 e. The monoisotopic (exact) mass is 185 g/mol. The van der Waals surface area contributed by atoms with E-state index in [-0.39, 0.29) is 6.10 Å². The summed E-state index contributed by atoms with van der Waals surface area (Å²) in [5, 5.41) is 12.6. The van der Waals surface area contributed by atoms with Crippen LogP contribution in [0.5, 0.6) is 0 Å².